The molecule has 60 heavy (non-hydrogen) atoms. The van der Waals surface area contributed by atoms with Crippen LogP contribution in [0.25, 0.3) is 0 Å². The summed E-state index contributed by atoms with van der Waals surface area (Å²) in [7, 11) is -1.69. The van der Waals surface area contributed by atoms with Crippen molar-refractivity contribution < 1.29 is 29.5 Å². The van der Waals surface area contributed by atoms with Crippen molar-refractivity contribution in [3.8, 4) is 0 Å². The number of piperazine rings is 1. The van der Waals surface area contributed by atoms with Gasteiger partial charge in [-0.25, -0.2) is 15.0 Å². The highest BCUT2D eigenvalue weighted by Gasteiger charge is 2.35. The van der Waals surface area contributed by atoms with Crippen LogP contribution in [0.4, 0.5) is 5.82 Å². The molecule has 4 aromatic rings. The zero-order chi connectivity index (χ0) is 43.3. The third-order valence-electron chi connectivity index (χ3n) is 10.6. The van der Waals surface area contributed by atoms with Gasteiger partial charge in [0.05, 0.1) is 29.9 Å². The summed E-state index contributed by atoms with van der Waals surface area (Å²) in [5, 5.41) is 38.8. The van der Waals surface area contributed by atoms with Crippen LogP contribution in [0.2, 0.25) is 5.02 Å². The molecule has 0 saturated carbocycles. The maximum absolute atomic E-state index is 13.5. The molecule has 1 aliphatic carbocycles. The number of aliphatic hydroxyl groups is 1. The largest absolute Gasteiger partial charge is 0.475 e. The normalized spacial score (nSPS) is 17.6. The molecular formula is C43H57BClN9O6. The fourth-order valence-electron chi connectivity index (χ4n) is 7.46. The lowest BCUT2D eigenvalue weighted by molar-refractivity contribution is -0.133. The lowest BCUT2D eigenvalue weighted by Crippen LogP contribution is -2.55. The van der Waals surface area contributed by atoms with Gasteiger partial charge in [0.25, 0.3) is 5.91 Å². The maximum atomic E-state index is 13.5. The van der Waals surface area contributed by atoms with Crippen molar-refractivity contribution in [1.82, 2.24) is 40.8 Å². The molecule has 3 heterocycles. The van der Waals surface area contributed by atoms with Crippen LogP contribution >= 0.6 is 11.6 Å². The highest BCUT2D eigenvalue weighted by Crippen LogP contribution is 2.42. The third-order valence-corrected chi connectivity index (χ3v) is 10.8. The molecule has 1 saturated heterocycles. The maximum Gasteiger partial charge on any atom is 0.475 e. The number of hydrogen-bond donors (Lipinski definition) is 6. The number of benzene rings is 2. The molecule has 17 heteroatoms. The highest BCUT2D eigenvalue weighted by atomic mass is 35.5. The number of rotatable bonds is 15. The number of fused-ring (bicyclic) bond motifs is 1. The zero-order valence-corrected chi connectivity index (χ0v) is 35.7. The molecule has 3 amide bonds. The molecule has 0 bridgehead atoms. The van der Waals surface area contributed by atoms with E-state index in [1.165, 1.54) is 18.6 Å². The molecule has 1 aliphatic heterocycles. The Morgan fingerprint density at radius 2 is 1.62 bits per heavy atom. The molecule has 2 aromatic carbocycles. The SMILES string of the molecule is CC(C)CC(NC(=O)C(Cc1ccccc1)NC(=O)c1cnccn1)B(O)O.CC(C)NCC(C(=O)N1CCN(c2ncnc3c2C(C)CC3O)CC1)c1ccc(Cl)cc1. The molecule has 6 rings (SSSR count). The van der Waals surface area contributed by atoms with Crippen molar-refractivity contribution in [2.75, 3.05) is 37.6 Å². The van der Waals surface area contributed by atoms with Crippen LogP contribution in [0.15, 0.2) is 79.5 Å². The van der Waals surface area contributed by atoms with Gasteiger partial charge >= 0.3 is 7.12 Å². The Kier molecular flexibility index (Phi) is 16.9. The van der Waals surface area contributed by atoms with Gasteiger partial charge in [-0.05, 0) is 47.9 Å². The highest BCUT2D eigenvalue weighted by molar-refractivity contribution is 6.43. The van der Waals surface area contributed by atoms with Crippen LogP contribution in [-0.2, 0) is 16.0 Å². The fourth-order valence-corrected chi connectivity index (χ4v) is 7.59. The number of aromatic nitrogens is 4. The minimum Gasteiger partial charge on any atom is -0.426 e. The Balaban J connectivity index is 0.000000230. The van der Waals surface area contributed by atoms with Crippen molar-refractivity contribution in [2.24, 2.45) is 5.92 Å². The third kappa shape index (κ3) is 12.8. The van der Waals surface area contributed by atoms with Crippen LogP contribution in [0.1, 0.15) is 98.3 Å². The fraction of sp³-hybridized carbons (Fsp3) is 0.465. The molecule has 5 unspecified atom stereocenters. The van der Waals surface area contributed by atoms with E-state index in [-0.39, 0.29) is 35.8 Å². The van der Waals surface area contributed by atoms with E-state index in [0.29, 0.717) is 56.6 Å². The van der Waals surface area contributed by atoms with E-state index in [2.05, 4.69) is 61.6 Å². The number of nitrogens with zero attached hydrogens (tertiary/aromatic N) is 6. The van der Waals surface area contributed by atoms with Gasteiger partial charge in [0, 0.05) is 68.2 Å². The molecule has 320 valence electrons. The number of nitrogens with one attached hydrogen (secondary N) is 3. The molecule has 0 spiro atoms. The molecule has 1 fully saturated rings. The molecular weight excluding hydrogens is 785 g/mol. The van der Waals surface area contributed by atoms with Crippen molar-refractivity contribution in [2.45, 2.75) is 89.8 Å². The van der Waals surface area contributed by atoms with Crippen LogP contribution in [0.5, 0.6) is 0 Å². The average molecular weight is 842 g/mol. The van der Waals surface area contributed by atoms with Crippen LogP contribution in [0, 0.1) is 5.92 Å². The Labute approximate surface area is 357 Å². The number of carbonyl (C=O) groups is 3. The van der Waals surface area contributed by atoms with Gasteiger partial charge in [0.2, 0.25) is 11.8 Å². The van der Waals surface area contributed by atoms with Gasteiger partial charge in [-0.15, -0.1) is 0 Å². The zero-order valence-electron chi connectivity index (χ0n) is 34.9. The summed E-state index contributed by atoms with van der Waals surface area (Å²) < 4.78 is 0. The van der Waals surface area contributed by atoms with Gasteiger partial charge < -0.3 is 40.9 Å². The number of halogens is 1. The molecule has 5 atom stereocenters. The van der Waals surface area contributed by atoms with Gasteiger partial charge in [-0.2, -0.15) is 0 Å². The van der Waals surface area contributed by atoms with E-state index >= 15 is 0 Å². The van der Waals surface area contributed by atoms with Crippen molar-refractivity contribution >= 4 is 42.3 Å². The Bertz CT molecular complexity index is 1990. The van der Waals surface area contributed by atoms with Crippen LogP contribution in [-0.4, -0.2) is 116 Å². The minimum atomic E-state index is -1.69. The van der Waals surface area contributed by atoms with Crippen molar-refractivity contribution in [3.63, 3.8) is 0 Å². The second kappa shape index (κ2) is 22.0. The first-order chi connectivity index (χ1) is 28.7. The predicted molar refractivity (Wildman–Crippen MR) is 231 cm³/mol. The Hall–Kier alpha value is -5.00. The number of carbonyl (C=O) groups excluding carboxylic acids is 3. The Morgan fingerprint density at radius 1 is 0.917 bits per heavy atom. The smallest absolute Gasteiger partial charge is 0.426 e. The Morgan fingerprint density at radius 3 is 2.23 bits per heavy atom. The number of amides is 3. The van der Waals surface area contributed by atoms with E-state index in [1.807, 2.05) is 73.3 Å². The van der Waals surface area contributed by atoms with E-state index in [0.717, 1.165) is 28.2 Å². The molecule has 2 aliphatic rings. The quantitative estimate of drug-likeness (QED) is 0.0953. The summed E-state index contributed by atoms with van der Waals surface area (Å²) in [4.78, 5) is 59.6. The van der Waals surface area contributed by atoms with E-state index < -0.39 is 37.0 Å². The topological polar surface area (TPSA) is 206 Å². The number of hydrogen-bond acceptors (Lipinski definition) is 12. The van der Waals surface area contributed by atoms with Crippen molar-refractivity contribution in [3.05, 3.63) is 113 Å². The predicted octanol–water partition coefficient (Wildman–Crippen LogP) is 3.46. The first-order valence-electron chi connectivity index (χ1n) is 20.5. The first-order valence-corrected chi connectivity index (χ1v) is 20.9. The average Bonchev–Trinajstić information content (AvgIpc) is 3.54. The lowest BCUT2D eigenvalue weighted by atomic mass is 9.75. The molecule has 15 nitrogen and oxygen atoms in total. The van der Waals surface area contributed by atoms with Gasteiger partial charge in [0.1, 0.15) is 23.9 Å². The summed E-state index contributed by atoms with van der Waals surface area (Å²) in [5.74, 6) is -0.701. The van der Waals surface area contributed by atoms with Crippen LogP contribution in [0.3, 0.4) is 0 Å². The molecule has 6 N–H and O–H groups in total. The number of aliphatic hydroxyl groups excluding tert-OH is 1. The van der Waals surface area contributed by atoms with Crippen LogP contribution < -0.4 is 20.9 Å². The van der Waals surface area contributed by atoms with E-state index in [4.69, 9.17) is 11.6 Å². The molecule has 0 radical (unpaired) electrons. The minimum absolute atomic E-state index is 0.0919. The molecule has 2 aromatic heterocycles. The second-order valence-electron chi connectivity index (χ2n) is 16.1. The summed E-state index contributed by atoms with van der Waals surface area (Å²) in [6, 6.07) is 16.2. The summed E-state index contributed by atoms with van der Waals surface area (Å²) in [5.41, 5.74) is 3.73. The summed E-state index contributed by atoms with van der Waals surface area (Å²) >= 11 is 6.06. The first kappa shape index (κ1) is 46.1. The van der Waals surface area contributed by atoms with Gasteiger partial charge in [-0.3, -0.25) is 19.4 Å². The van der Waals surface area contributed by atoms with E-state index in [1.54, 1.807) is 6.33 Å². The lowest BCUT2D eigenvalue weighted by Gasteiger charge is -2.38. The van der Waals surface area contributed by atoms with Crippen molar-refractivity contribution in [1.29, 1.82) is 0 Å². The monoisotopic (exact) mass is 841 g/mol. The number of anilines is 1. The van der Waals surface area contributed by atoms with Gasteiger partial charge in [0.15, 0.2) is 0 Å². The van der Waals surface area contributed by atoms with E-state index in [9.17, 15) is 29.5 Å². The second-order valence-corrected chi connectivity index (χ2v) is 16.5. The standard InChI is InChI=1S/C24H32ClN5O2.C19H25BN4O4/c1-15(2)26-13-19(17-4-6-18(25)7-5-17)24(32)30-10-8-29(9-11-30)23-21-16(3)12-20(31)22(21)27-14-28-23;1-13(2)10-17(20(27)28)24-18(25)15(11-14-6-4-3-5-7-14)23-19(26)16-12-21-8-9-22-16/h4-7,14-16,19-20,26,31H,8-13H2,1-3H3;3-9,12-13,15,17,27-28H,10-11H2,1-2H3,(H,23,26)(H,24,25). The summed E-state index contributed by atoms with van der Waals surface area (Å²) in [6.45, 7) is 13.4. The summed E-state index contributed by atoms with van der Waals surface area (Å²) in [6.07, 6.45) is 6.50. The van der Waals surface area contributed by atoms with Gasteiger partial charge in [-0.1, -0.05) is 88.7 Å².